The number of aryl methyl sites for hydroxylation is 1. The van der Waals surface area contributed by atoms with Crippen LogP contribution in [0.1, 0.15) is 37.5 Å². The van der Waals surface area contributed by atoms with Gasteiger partial charge >= 0.3 is 0 Å². The molecule has 1 aliphatic heterocycles. The number of ether oxygens (including phenoxy) is 2. The first-order chi connectivity index (χ1) is 17.9. The molecular formula is C29H28Cl2N2O3S. The van der Waals surface area contributed by atoms with Crippen LogP contribution in [0.5, 0.6) is 11.5 Å². The second-order valence-electron chi connectivity index (χ2n) is 8.21. The monoisotopic (exact) mass is 554 g/mol. The van der Waals surface area contributed by atoms with Crippen molar-refractivity contribution in [1.82, 2.24) is 4.90 Å². The number of carbonyl (C=O) groups excluding carboxylic acids is 1. The number of likely N-dealkylation sites (N-methyl/N-ethyl adjacent to an activating group) is 1. The third kappa shape index (κ3) is 6.50. The van der Waals surface area contributed by atoms with Gasteiger partial charge in [0.15, 0.2) is 16.7 Å². The molecule has 37 heavy (non-hydrogen) atoms. The zero-order chi connectivity index (χ0) is 26.4. The van der Waals surface area contributed by atoms with E-state index in [4.69, 9.17) is 37.7 Å². The quantitative estimate of drug-likeness (QED) is 0.250. The van der Waals surface area contributed by atoms with E-state index in [1.165, 1.54) is 11.8 Å². The van der Waals surface area contributed by atoms with Crippen LogP contribution in [0, 0.1) is 0 Å². The average molecular weight is 556 g/mol. The Morgan fingerprint density at radius 2 is 1.76 bits per heavy atom. The van der Waals surface area contributed by atoms with E-state index in [2.05, 4.69) is 13.0 Å². The van der Waals surface area contributed by atoms with E-state index >= 15 is 0 Å². The molecule has 0 aliphatic carbocycles. The fourth-order valence-electron chi connectivity index (χ4n) is 3.84. The zero-order valence-electron chi connectivity index (χ0n) is 21.0. The maximum absolute atomic E-state index is 13.2. The Kier molecular flexibility index (Phi) is 9.19. The predicted octanol–water partition coefficient (Wildman–Crippen LogP) is 8.16. The van der Waals surface area contributed by atoms with Crippen LogP contribution in [-0.2, 0) is 17.8 Å². The lowest BCUT2D eigenvalue weighted by molar-refractivity contribution is -0.122. The number of benzene rings is 3. The summed E-state index contributed by atoms with van der Waals surface area (Å²) >= 11 is 13.5. The fraction of sp³-hybridized carbons (Fsp3) is 0.241. The van der Waals surface area contributed by atoms with Crippen LogP contribution in [0.4, 0.5) is 5.69 Å². The molecule has 0 saturated carbocycles. The van der Waals surface area contributed by atoms with Crippen molar-refractivity contribution in [2.24, 2.45) is 4.99 Å². The number of carbonyl (C=O) groups is 1. The van der Waals surface area contributed by atoms with Crippen molar-refractivity contribution in [3.8, 4) is 11.5 Å². The van der Waals surface area contributed by atoms with Crippen molar-refractivity contribution in [2.75, 3.05) is 13.2 Å². The summed E-state index contributed by atoms with van der Waals surface area (Å²) in [7, 11) is 0. The molecule has 0 bridgehead atoms. The number of hydrogen-bond acceptors (Lipinski definition) is 5. The topological polar surface area (TPSA) is 51.1 Å². The number of rotatable bonds is 9. The highest BCUT2D eigenvalue weighted by molar-refractivity contribution is 8.18. The zero-order valence-corrected chi connectivity index (χ0v) is 23.3. The van der Waals surface area contributed by atoms with Gasteiger partial charge in [-0.15, -0.1) is 0 Å². The fourth-order valence-corrected chi connectivity index (χ4v) is 5.21. The van der Waals surface area contributed by atoms with Gasteiger partial charge in [-0.05, 0) is 85.1 Å². The predicted molar refractivity (Wildman–Crippen MR) is 154 cm³/mol. The van der Waals surface area contributed by atoms with Crippen LogP contribution >= 0.6 is 35.0 Å². The van der Waals surface area contributed by atoms with Crippen LogP contribution < -0.4 is 9.47 Å². The van der Waals surface area contributed by atoms with Crippen molar-refractivity contribution < 1.29 is 14.3 Å². The molecule has 0 radical (unpaired) electrons. The van der Waals surface area contributed by atoms with E-state index < -0.39 is 0 Å². The van der Waals surface area contributed by atoms with Crippen LogP contribution in [0.25, 0.3) is 6.08 Å². The van der Waals surface area contributed by atoms with Gasteiger partial charge in [0.1, 0.15) is 6.61 Å². The van der Waals surface area contributed by atoms with Crippen LogP contribution in [0.3, 0.4) is 0 Å². The summed E-state index contributed by atoms with van der Waals surface area (Å²) in [5.74, 6) is 1.15. The molecule has 0 aromatic heterocycles. The Balaban J connectivity index is 1.57. The number of hydrogen-bond donors (Lipinski definition) is 0. The SMILES string of the molecule is CCOc1cc(/C=C2/SC(=Nc3ccccc3CC)N(CC)C2=O)ccc1OCc1ccc(Cl)c(Cl)c1. The van der Waals surface area contributed by atoms with Gasteiger partial charge in [0.2, 0.25) is 0 Å². The third-order valence-corrected chi connectivity index (χ3v) is 7.48. The number of amides is 1. The summed E-state index contributed by atoms with van der Waals surface area (Å²) in [5, 5.41) is 1.67. The molecule has 4 rings (SSSR count). The molecule has 8 heteroatoms. The van der Waals surface area contributed by atoms with E-state index in [-0.39, 0.29) is 5.91 Å². The second-order valence-corrected chi connectivity index (χ2v) is 10.0. The van der Waals surface area contributed by atoms with Gasteiger partial charge in [0.05, 0.1) is 27.2 Å². The lowest BCUT2D eigenvalue weighted by Crippen LogP contribution is -2.28. The Morgan fingerprint density at radius 3 is 2.49 bits per heavy atom. The lowest BCUT2D eigenvalue weighted by atomic mass is 10.1. The van der Waals surface area contributed by atoms with Crippen molar-refractivity contribution in [3.63, 3.8) is 0 Å². The molecule has 0 unspecified atom stereocenters. The van der Waals surface area contributed by atoms with Gasteiger partial charge < -0.3 is 9.47 Å². The van der Waals surface area contributed by atoms with Crippen LogP contribution in [0.15, 0.2) is 70.6 Å². The molecule has 3 aromatic rings. The van der Waals surface area contributed by atoms with E-state index in [0.717, 1.165) is 28.8 Å². The van der Waals surface area contributed by atoms with Crippen LogP contribution in [-0.4, -0.2) is 29.1 Å². The molecule has 5 nitrogen and oxygen atoms in total. The number of thioether (sulfide) groups is 1. The molecule has 192 valence electrons. The van der Waals surface area contributed by atoms with Crippen molar-refractivity contribution in [3.05, 3.63) is 92.3 Å². The van der Waals surface area contributed by atoms with Crippen molar-refractivity contribution >= 4 is 57.8 Å². The molecule has 1 amide bonds. The molecule has 0 atom stereocenters. The van der Waals surface area contributed by atoms with E-state index in [1.54, 1.807) is 17.0 Å². The minimum Gasteiger partial charge on any atom is -0.490 e. The standard InChI is InChI=1S/C29H28Cl2N2O3S/c1-4-21-9-7-8-10-24(21)32-29-33(5-2)28(34)27(37-29)17-19-12-14-25(26(16-19)35-6-3)36-18-20-11-13-22(30)23(31)15-20/h7-17H,4-6,18H2,1-3H3/b27-17+,32-29?. The molecule has 1 saturated heterocycles. The number of halogens is 2. The molecule has 0 spiro atoms. The minimum atomic E-state index is -0.0573. The second kappa shape index (κ2) is 12.5. The number of aliphatic imine (C=N–C) groups is 1. The van der Waals surface area contributed by atoms with E-state index in [0.29, 0.717) is 51.4 Å². The van der Waals surface area contributed by atoms with Gasteiger partial charge in [-0.1, -0.05) is 60.5 Å². The van der Waals surface area contributed by atoms with Crippen molar-refractivity contribution in [2.45, 2.75) is 33.8 Å². The third-order valence-electron chi connectivity index (χ3n) is 5.74. The van der Waals surface area contributed by atoms with Crippen LogP contribution in [0.2, 0.25) is 10.0 Å². The number of para-hydroxylation sites is 1. The number of nitrogens with zero attached hydrogens (tertiary/aromatic N) is 2. The van der Waals surface area contributed by atoms with Gasteiger partial charge in [-0.3, -0.25) is 9.69 Å². The normalized spacial score (nSPS) is 15.6. The average Bonchev–Trinajstić information content (AvgIpc) is 3.19. The maximum Gasteiger partial charge on any atom is 0.266 e. The van der Waals surface area contributed by atoms with E-state index in [9.17, 15) is 4.79 Å². The first-order valence-corrected chi connectivity index (χ1v) is 13.7. The molecule has 1 aliphatic rings. The highest BCUT2D eigenvalue weighted by Gasteiger charge is 2.32. The largest absolute Gasteiger partial charge is 0.490 e. The Bertz CT molecular complexity index is 1360. The van der Waals surface area contributed by atoms with Gasteiger partial charge in [0.25, 0.3) is 5.91 Å². The first-order valence-electron chi connectivity index (χ1n) is 12.1. The highest BCUT2D eigenvalue weighted by Crippen LogP contribution is 2.36. The van der Waals surface area contributed by atoms with Gasteiger partial charge in [0, 0.05) is 6.54 Å². The number of amidine groups is 1. The maximum atomic E-state index is 13.2. The Hall–Kier alpha value is -2.93. The molecule has 1 fully saturated rings. The molecule has 1 heterocycles. The minimum absolute atomic E-state index is 0.0573. The smallest absolute Gasteiger partial charge is 0.266 e. The molecular weight excluding hydrogens is 527 g/mol. The molecule has 0 N–H and O–H groups in total. The highest BCUT2D eigenvalue weighted by atomic mass is 35.5. The van der Waals surface area contributed by atoms with Crippen molar-refractivity contribution in [1.29, 1.82) is 0 Å². The van der Waals surface area contributed by atoms with E-state index in [1.807, 2.05) is 62.4 Å². The summed E-state index contributed by atoms with van der Waals surface area (Å²) in [6, 6.07) is 19.1. The Labute approximate surface area is 232 Å². The van der Waals surface area contributed by atoms with Gasteiger partial charge in [-0.25, -0.2) is 4.99 Å². The summed E-state index contributed by atoms with van der Waals surface area (Å²) in [5.41, 5.74) is 3.77. The first kappa shape index (κ1) is 27.1. The summed E-state index contributed by atoms with van der Waals surface area (Å²) < 4.78 is 11.9. The summed E-state index contributed by atoms with van der Waals surface area (Å²) in [6.07, 6.45) is 2.75. The van der Waals surface area contributed by atoms with Gasteiger partial charge in [-0.2, -0.15) is 0 Å². The molecule has 3 aromatic carbocycles. The Morgan fingerprint density at radius 1 is 0.946 bits per heavy atom. The summed E-state index contributed by atoms with van der Waals surface area (Å²) in [4.78, 5) is 20.3. The lowest BCUT2D eigenvalue weighted by Gasteiger charge is -2.13. The summed E-state index contributed by atoms with van der Waals surface area (Å²) in [6.45, 7) is 7.31.